The number of likely N-dealkylation sites (tertiary alicyclic amines) is 1. The van der Waals surface area contributed by atoms with E-state index in [4.69, 9.17) is 5.73 Å². The average Bonchev–Trinajstić information content (AvgIpc) is 2.78. The number of aryl methyl sites for hydroxylation is 1. The Kier molecular flexibility index (Phi) is 4.18. The van der Waals surface area contributed by atoms with Gasteiger partial charge < -0.3 is 15.2 Å². The summed E-state index contributed by atoms with van der Waals surface area (Å²) in [5.41, 5.74) is 10.6. The van der Waals surface area contributed by atoms with Gasteiger partial charge >= 0.3 is 0 Å². The van der Waals surface area contributed by atoms with Gasteiger partial charge in [-0.3, -0.25) is 0 Å². The minimum absolute atomic E-state index is 0.265. The zero-order valence-corrected chi connectivity index (χ0v) is 13.1. The summed E-state index contributed by atoms with van der Waals surface area (Å²) >= 11 is 0. The zero-order valence-electron chi connectivity index (χ0n) is 13.1. The molecule has 3 heteroatoms. The third kappa shape index (κ3) is 2.66. The molecule has 0 radical (unpaired) electrons. The third-order valence-electron chi connectivity index (χ3n) is 5.11. The Bertz CT molecular complexity index is 457. The molecule has 2 heterocycles. The van der Waals surface area contributed by atoms with Crippen LogP contribution in [0.5, 0.6) is 0 Å². The van der Waals surface area contributed by atoms with Crippen LogP contribution < -0.4 is 5.73 Å². The van der Waals surface area contributed by atoms with Crippen molar-refractivity contribution in [3.63, 3.8) is 0 Å². The Morgan fingerprint density at radius 1 is 1.25 bits per heavy atom. The van der Waals surface area contributed by atoms with Crippen molar-refractivity contribution in [3.05, 3.63) is 23.0 Å². The summed E-state index contributed by atoms with van der Waals surface area (Å²) in [6.07, 6.45) is 7.77. The summed E-state index contributed by atoms with van der Waals surface area (Å²) in [7, 11) is 0. The fourth-order valence-corrected chi connectivity index (χ4v) is 4.17. The minimum atomic E-state index is 0.265. The average molecular weight is 275 g/mol. The molecule has 2 aliphatic rings. The third-order valence-corrected chi connectivity index (χ3v) is 5.11. The van der Waals surface area contributed by atoms with Crippen LogP contribution in [0.3, 0.4) is 0 Å². The van der Waals surface area contributed by atoms with E-state index in [9.17, 15) is 0 Å². The molecule has 0 aromatic carbocycles. The predicted molar refractivity (Wildman–Crippen MR) is 84.0 cm³/mol. The molecule has 0 amide bonds. The first-order valence-corrected chi connectivity index (χ1v) is 8.35. The van der Waals surface area contributed by atoms with Crippen LogP contribution in [0.1, 0.15) is 68.1 Å². The van der Waals surface area contributed by atoms with E-state index in [-0.39, 0.29) is 6.04 Å². The molecule has 1 aromatic rings. The fourth-order valence-electron chi connectivity index (χ4n) is 4.17. The lowest BCUT2D eigenvalue weighted by Crippen LogP contribution is -2.35. The van der Waals surface area contributed by atoms with Crippen molar-refractivity contribution < 1.29 is 0 Å². The van der Waals surface area contributed by atoms with Crippen LogP contribution in [-0.2, 0) is 6.42 Å². The highest BCUT2D eigenvalue weighted by Gasteiger charge is 2.25. The van der Waals surface area contributed by atoms with Crippen LogP contribution >= 0.6 is 0 Å². The summed E-state index contributed by atoms with van der Waals surface area (Å²) in [6.45, 7) is 8.38. The van der Waals surface area contributed by atoms with Crippen LogP contribution in [0.4, 0.5) is 0 Å². The number of nitrogens with zero attached hydrogens (tertiary/aromatic N) is 2. The molecule has 20 heavy (non-hydrogen) atoms. The fraction of sp³-hybridized carbons (Fsp3) is 0.765. The maximum Gasteiger partial charge on any atom is 0.0434 e. The summed E-state index contributed by atoms with van der Waals surface area (Å²) in [4.78, 5) is 2.64. The predicted octanol–water partition coefficient (Wildman–Crippen LogP) is 3.18. The molecule has 112 valence electrons. The van der Waals surface area contributed by atoms with E-state index >= 15 is 0 Å². The Morgan fingerprint density at radius 3 is 2.75 bits per heavy atom. The van der Waals surface area contributed by atoms with E-state index in [0.717, 1.165) is 6.42 Å². The van der Waals surface area contributed by atoms with Gasteiger partial charge in [0.05, 0.1) is 0 Å². The van der Waals surface area contributed by atoms with Gasteiger partial charge in [-0.25, -0.2) is 0 Å². The Balaban J connectivity index is 1.78. The highest BCUT2D eigenvalue weighted by atomic mass is 15.2. The number of nitrogens with two attached hydrogens (primary N) is 1. The number of aromatic nitrogens is 1. The van der Waals surface area contributed by atoms with E-state index in [1.54, 1.807) is 0 Å². The van der Waals surface area contributed by atoms with E-state index < -0.39 is 0 Å². The quantitative estimate of drug-likeness (QED) is 0.919. The molecule has 1 aliphatic carbocycles. The van der Waals surface area contributed by atoms with Crippen molar-refractivity contribution in [1.82, 2.24) is 9.47 Å². The van der Waals surface area contributed by atoms with Crippen LogP contribution in [-0.4, -0.2) is 29.1 Å². The molecule has 1 aliphatic heterocycles. The molecule has 2 unspecified atom stereocenters. The first kappa shape index (κ1) is 14.2. The van der Waals surface area contributed by atoms with Crippen molar-refractivity contribution in [2.24, 2.45) is 5.73 Å². The molecule has 0 saturated carbocycles. The molecule has 3 nitrogen and oxygen atoms in total. The lowest BCUT2D eigenvalue weighted by Gasteiger charge is -2.31. The van der Waals surface area contributed by atoms with Gasteiger partial charge in [-0.2, -0.15) is 0 Å². The summed E-state index contributed by atoms with van der Waals surface area (Å²) in [5.74, 6) is 0. The van der Waals surface area contributed by atoms with Crippen LogP contribution in [0, 0.1) is 6.92 Å². The number of hydrogen-bond acceptors (Lipinski definition) is 2. The van der Waals surface area contributed by atoms with E-state index in [0.29, 0.717) is 6.04 Å². The van der Waals surface area contributed by atoms with Gasteiger partial charge in [0.2, 0.25) is 0 Å². The molecule has 2 atom stereocenters. The van der Waals surface area contributed by atoms with Crippen molar-refractivity contribution in [1.29, 1.82) is 0 Å². The first-order chi connectivity index (χ1) is 9.66. The molecular weight excluding hydrogens is 246 g/mol. The SMILES string of the molecule is Cc1cc2c(n1C(C)CN1CCCCC1)CCCC2N. The van der Waals surface area contributed by atoms with Crippen LogP contribution in [0.2, 0.25) is 0 Å². The van der Waals surface area contributed by atoms with E-state index in [2.05, 4.69) is 29.4 Å². The Labute approximate surface area is 123 Å². The van der Waals surface area contributed by atoms with Gasteiger partial charge in [-0.1, -0.05) is 6.42 Å². The number of piperidine rings is 1. The first-order valence-electron chi connectivity index (χ1n) is 8.35. The van der Waals surface area contributed by atoms with Crippen molar-refractivity contribution in [2.45, 2.75) is 64.5 Å². The number of fused-ring (bicyclic) bond motifs is 1. The molecule has 0 bridgehead atoms. The van der Waals surface area contributed by atoms with E-state index in [1.807, 2.05) is 0 Å². The maximum absolute atomic E-state index is 6.29. The molecule has 1 fully saturated rings. The van der Waals surface area contributed by atoms with Gasteiger partial charge in [0.25, 0.3) is 0 Å². The second-order valence-electron chi connectivity index (χ2n) is 6.77. The standard InChI is InChI=1S/C17H29N3/c1-13-11-15-16(18)7-6-8-17(15)20(13)14(2)12-19-9-4-3-5-10-19/h11,14,16H,3-10,12,18H2,1-2H3. The molecule has 2 N–H and O–H groups in total. The second-order valence-corrected chi connectivity index (χ2v) is 6.77. The van der Waals surface area contributed by atoms with Crippen LogP contribution in [0.15, 0.2) is 6.07 Å². The lowest BCUT2D eigenvalue weighted by atomic mass is 9.93. The van der Waals surface area contributed by atoms with Gasteiger partial charge in [-0.05, 0) is 70.7 Å². The maximum atomic E-state index is 6.29. The van der Waals surface area contributed by atoms with Crippen LogP contribution in [0.25, 0.3) is 0 Å². The van der Waals surface area contributed by atoms with E-state index in [1.165, 1.54) is 68.7 Å². The molecule has 3 rings (SSSR count). The zero-order chi connectivity index (χ0) is 14.1. The van der Waals surface area contributed by atoms with Crippen molar-refractivity contribution >= 4 is 0 Å². The highest BCUT2D eigenvalue weighted by Crippen LogP contribution is 2.33. The Morgan fingerprint density at radius 2 is 2.00 bits per heavy atom. The topological polar surface area (TPSA) is 34.2 Å². The number of rotatable bonds is 3. The smallest absolute Gasteiger partial charge is 0.0434 e. The largest absolute Gasteiger partial charge is 0.345 e. The van der Waals surface area contributed by atoms with Gasteiger partial charge in [0.1, 0.15) is 0 Å². The van der Waals surface area contributed by atoms with Crippen molar-refractivity contribution in [3.8, 4) is 0 Å². The summed E-state index contributed by atoms with van der Waals surface area (Å²) in [5, 5.41) is 0. The minimum Gasteiger partial charge on any atom is -0.345 e. The van der Waals surface area contributed by atoms with Gasteiger partial charge in [-0.15, -0.1) is 0 Å². The van der Waals surface area contributed by atoms with Gasteiger partial charge in [0, 0.05) is 30.0 Å². The molecule has 0 spiro atoms. The summed E-state index contributed by atoms with van der Waals surface area (Å²) < 4.78 is 2.57. The molecule has 1 aromatic heterocycles. The summed E-state index contributed by atoms with van der Waals surface area (Å²) in [6, 6.07) is 3.18. The number of hydrogen-bond donors (Lipinski definition) is 1. The normalized spacial score (nSPS) is 25.4. The van der Waals surface area contributed by atoms with Gasteiger partial charge in [0.15, 0.2) is 0 Å². The monoisotopic (exact) mass is 275 g/mol. The molecule has 1 saturated heterocycles. The molecular formula is C17H29N3. The highest BCUT2D eigenvalue weighted by molar-refractivity contribution is 5.33. The Hall–Kier alpha value is -0.800. The van der Waals surface area contributed by atoms with Crippen molar-refractivity contribution in [2.75, 3.05) is 19.6 Å². The lowest BCUT2D eigenvalue weighted by molar-refractivity contribution is 0.200. The second kappa shape index (κ2) is 5.90.